The van der Waals surface area contributed by atoms with Gasteiger partial charge in [0, 0.05) is 6.42 Å². The number of benzene rings is 1. The lowest BCUT2D eigenvalue weighted by atomic mass is 9.89. The summed E-state index contributed by atoms with van der Waals surface area (Å²) >= 11 is 0. The first-order valence-electron chi connectivity index (χ1n) is 6.92. The van der Waals surface area contributed by atoms with E-state index in [4.69, 9.17) is 0 Å². The van der Waals surface area contributed by atoms with Crippen LogP contribution in [0.15, 0.2) is 59.4 Å². The van der Waals surface area contributed by atoms with Crippen molar-refractivity contribution in [2.24, 2.45) is 0 Å². The standard InChI is InChI=1S/C19H22/c1-5-14(2)12-17-8-10-18(11-9-17)19-13-15(3)6-7-16(19)4/h8-11,13H,1,6-7,12H2,2-4H3. The average Bonchev–Trinajstić information content (AvgIpc) is 2.42. The lowest BCUT2D eigenvalue weighted by Crippen LogP contribution is -1.96. The Morgan fingerprint density at radius 2 is 1.84 bits per heavy atom. The second-order valence-corrected chi connectivity index (χ2v) is 5.52. The molecule has 0 N–H and O–H groups in total. The number of allylic oxidation sites excluding steroid dienone is 5. The van der Waals surface area contributed by atoms with E-state index in [2.05, 4.69) is 63.4 Å². The molecular formula is C19H22. The molecular weight excluding hydrogens is 228 g/mol. The third-order valence-electron chi connectivity index (χ3n) is 3.78. The summed E-state index contributed by atoms with van der Waals surface area (Å²) in [5.74, 6) is 0. The third-order valence-corrected chi connectivity index (χ3v) is 3.78. The summed E-state index contributed by atoms with van der Waals surface area (Å²) in [4.78, 5) is 0. The van der Waals surface area contributed by atoms with E-state index < -0.39 is 0 Å². The second-order valence-electron chi connectivity index (χ2n) is 5.52. The number of hydrogen-bond donors (Lipinski definition) is 0. The van der Waals surface area contributed by atoms with E-state index in [1.165, 1.54) is 46.3 Å². The van der Waals surface area contributed by atoms with Crippen molar-refractivity contribution in [1.82, 2.24) is 0 Å². The van der Waals surface area contributed by atoms with Crippen molar-refractivity contribution in [3.05, 3.63) is 70.5 Å². The predicted octanol–water partition coefficient (Wildman–Crippen LogP) is 5.47. The lowest BCUT2D eigenvalue weighted by Gasteiger charge is -2.16. The van der Waals surface area contributed by atoms with Gasteiger partial charge in [-0.05, 0) is 55.9 Å². The summed E-state index contributed by atoms with van der Waals surface area (Å²) in [6.45, 7) is 10.2. The quantitative estimate of drug-likeness (QED) is 0.624. The first kappa shape index (κ1) is 13.6. The molecule has 0 atom stereocenters. The highest BCUT2D eigenvalue weighted by Crippen LogP contribution is 2.30. The molecule has 0 spiro atoms. The Kier molecular flexibility index (Phi) is 4.24. The first-order valence-corrected chi connectivity index (χ1v) is 6.92. The molecule has 1 aliphatic carbocycles. The molecule has 0 amide bonds. The van der Waals surface area contributed by atoms with Gasteiger partial charge in [0.05, 0.1) is 0 Å². The molecule has 0 aliphatic heterocycles. The van der Waals surface area contributed by atoms with Gasteiger partial charge in [-0.25, -0.2) is 0 Å². The summed E-state index contributed by atoms with van der Waals surface area (Å²) < 4.78 is 0. The van der Waals surface area contributed by atoms with Crippen LogP contribution in [0.1, 0.15) is 44.7 Å². The van der Waals surface area contributed by atoms with Gasteiger partial charge in [0.1, 0.15) is 0 Å². The molecule has 1 aromatic carbocycles. The van der Waals surface area contributed by atoms with Crippen LogP contribution in [0.4, 0.5) is 0 Å². The largest absolute Gasteiger partial charge is 0.130 e. The summed E-state index contributed by atoms with van der Waals surface area (Å²) in [7, 11) is 0. The van der Waals surface area contributed by atoms with Crippen LogP contribution in [-0.2, 0) is 6.42 Å². The normalized spacial score (nSPS) is 15.0. The van der Waals surface area contributed by atoms with Gasteiger partial charge in [-0.15, -0.1) is 5.73 Å². The van der Waals surface area contributed by atoms with Crippen LogP contribution >= 0.6 is 0 Å². The minimum Gasteiger partial charge on any atom is -0.130 e. The molecule has 19 heavy (non-hydrogen) atoms. The Balaban J connectivity index is 2.26. The Bertz CT molecular complexity index is 573. The molecule has 0 nitrogen and oxygen atoms in total. The van der Waals surface area contributed by atoms with Crippen molar-refractivity contribution < 1.29 is 0 Å². The van der Waals surface area contributed by atoms with Gasteiger partial charge >= 0.3 is 0 Å². The van der Waals surface area contributed by atoms with Crippen LogP contribution in [-0.4, -0.2) is 0 Å². The Morgan fingerprint density at radius 3 is 2.47 bits per heavy atom. The van der Waals surface area contributed by atoms with Crippen molar-refractivity contribution in [3.8, 4) is 0 Å². The highest BCUT2D eigenvalue weighted by atomic mass is 14.1. The summed E-state index contributed by atoms with van der Waals surface area (Å²) in [5, 5.41) is 0. The van der Waals surface area contributed by atoms with E-state index in [0.29, 0.717) is 0 Å². The third kappa shape index (κ3) is 3.36. The van der Waals surface area contributed by atoms with Crippen molar-refractivity contribution in [3.63, 3.8) is 0 Å². The molecule has 0 radical (unpaired) electrons. The molecule has 0 saturated carbocycles. The van der Waals surface area contributed by atoms with Crippen LogP contribution in [0.3, 0.4) is 0 Å². The summed E-state index contributed by atoms with van der Waals surface area (Å²) in [6, 6.07) is 8.90. The fraction of sp³-hybridized carbons (Fsp3) is 0.316. The zero-order chi connectivity index (χ0) is 13.8. The van der Waals surface area contributed by atoms with E-state index >= 15 is 0 Å². The van der Waals surface area contributed by atoms with Gasteiger partial charge in [0.15, 0.2) is 0 Å². The van der Waals surface area contributed by atoms with Gasteiger partial charge in [-0.1, -0.05) is 48.1 Å². The van der Waals surface area contributed by atoms with Crippen LogP contribution in [0, 0.1) is 0 Å². The van der Waals surface area contributed by atoms with Crippen molar-refractivity contribution in [2.75, 3.05) is 0 Å². The average molecular weight is 250 g/mol. The zero-order valence-electron chi connectivity index (χ0n) is 12.2. The van der Waals surface area contributed by atoms with Crippen LogP contribution in [0.5, 0.6) is 0 Å². The van der Waals surface area contributed by atoms with Gasteiger partial charge in [-0.2, -0.15) is 0 Å². The minimum absolute atomic E-state index is 0.941. The van der Waals surface area contributed by atoms with Crippen LogP contribution < -0.4 is 0 Å². The zero-order valence-corrected chi connectivity index (χ0v) is 12.2. The van der Waals surface area contributed by atoms with E-state index in [1.54, 1.807) is 0 Å². The molecule has 0 heteroatoms. The monoisotopic (exact) mass is 250 g/mol. The van der Waals surface area contributed by atoms with Gasteiger partial charge in [-0.3, -0.25) is 0 Å². The van der Waals surface area contributed by atoms with Crippen molar-refractivity contribution in [1.29, 1.82) is 0 Å². The molecule has 1 aromatic rings. The Morgan fingerprint density at radius 1 is 1.16 bits per heavy atom. The molecule has 2 rings (SSSR count). The van der Waals surface area contributed by atoms with Crippen LogP contribution in [0.2, 0.25) is 0 Å². The SMILES string of the molecule is C=C=C(C)Cc1ccc(C2=C(C)CCC(C)=C2)cc1. The van der Waals surface area contributed by atoms with Crippen molar-refractivity contribution in [2.45, 2.75) is 40.0 Å². The van der Waals surface area contributed by atoms with E-state index in [1.807, 2.05) is 0 Å². The molecule has 0 saturated heterocycles. The fourth-order valence-electron chi connectivity index (χ4n) is 2.46. The van der Waals surface area contributed by atoms with E-state index in [0.717, 1.165) is 6.42 Å². The minimum atomic E-state index is 0.941. The van der Waals surface area contributed by atoms with Crippen molar-refractivity contribution >= 4 is 5.57 Å². The number of hydrogen-bond acceptors (Lipinski definition) is 0. The molecule has 98 valence electrons. The molecule has 0 bridgehead atoms. The Labute approximate surface area is 116 Å². The first-order chi connectivity index (χ1) is 9.10. The summed E-state index contributed by atoms with van der Waals surface area (Å²) in [5.41, 5.74) is 11.2. The lowest BCUT2D eigenvalue weighted by molar-refractivity contribution is 0.911. The van der Waals surface area contributed by atoms with Gasteiger partial charge < -0.3 is 0 Å². The van der Waals surface area contributed by atoms with Gasteiger partial charge in [0.2, 0.25) is 0 Å². The Hall–Kier alpha value is -1.78. The molecule has 1 aliphatic rings. The maximum absolute atomic E-state index is 3.69. The van der Waals surface area contributed by atoms with E-state index in [-0.39, 0.29) is 0 Å². The molecule has 0 aromatic heterocycles. The second kappa shape index (κ2) is 5.91. The highest BCUT2D eigenvalue weighted by molar-refractivity contribution is 5.78. The smallest absolute Gasteiger partial charge is 0.000612 e. The summed E-state index contributed by atoms with van der Waals surface area (Å²) in [6.07, 6.45) is 5.67. The molecule has 0 unspecified atom stereocenters. The fourth-order valence-corrected chi connectivity index (χ4v) is 2.46. The van der Waals surface area contributed by atoms with E-state index in [9.17, 15) is 0 Å². The van der Waals surface area contributed by atoms with Gasteiger partial charge in [0.25, 0.3) is 0 Å². The maximum atomic E-state index is 3.69. The molecule has 0 heterocycles. The molecule has 0 fully saturated rings. The topological polar surface area (TPSA) is 0 Å². The van der Waals surface area contributed by atoms with Crippen LogP contribution in [0.25, 0.3) is 5.57 Å². The maximum Gasteiger partial charge on any atom is 0.000612 e. The highest BCUT2D eigenvalue weighted by Gasteiger charge is 2.09. The predicted molar refractivity (Wildman–Crippen MR) is 84.1 cm³/mol. The number of rotatable bonds is 3.